The third-order valence-electron chi connectivity index (χ3n) is 2.44. The van der Waals surface area contributed by atoms with Crippen LogP contribution in [0.25, 0.3) is 0 Å². The molecule has 0 radical (unpaired) electrons. The molecule has 1 aromatic rings. The Hall–Kier alpha value is -0.760. The molecule has 13 heavy (non-hydrogen) atoms. The SMILES string of the molecule is CCC(C)(C)CNCc1ccco1. The lowest BCUT2D eigenvalue weighted by molar-refractivity contribution is 0.321. The zero-order valence-electron chi connectivity index (χ0n) is 8.76. The highest BCUT2D eigenvalue weighted by Crippen LogP contribution is 2.17. The predicted molar refractivity (Wildman–Crippen MR) is 54.5 cm³/mol. The summed E-state index contributed by atoms with van der Waals surface area (Å²) in [5.41, 5.74) is 0.382. The van der Waals surface area contributed by atoms with Crippen LogP contribution in [0.3, 0.4) is 0 Å². The van der Waals surface area contributed by atoms with E-state index in [1.807, 2.05) is 12.1 Å². The standard InChI is InChI=1S/C11H19NO/c1-4-11(2,3)9-12-8-10-6-5-7-13-10/h5-7,12H,4,8-9H2,1-3H3. The molecule has 0 aliphatic rings. The minimum Gasteiger partial charge on any atom is -0.468 e. The lowest BCUT2D eigenvalue weighted by Crippen LogP contribution is -2.28. The highest BCUT2D eigenvalue weighted by Gasteiger charge is 2.13. The van der Waals surface area contributed by atoms with E-state index in [0.717, 1.165) is 18.8 Å². The van der Waals surface area contributed by atoms with E-state index in [1.165, 1.54) is 6.42 Å². The van der Waals surface area contributed by atoms with E-state index in [4.69, 9.17) is 4.42 Å². The first-order valence-electron chi connectivity index (χ1n) is 4.87. The summed E-state index contributed by atoms with van der Waals surface area (Å²) >= 11 is 0. The number of rotatable bonds is 5. The Labute approximate surface area is 80.3 Å². The fourth-order valence-corrected chi connectivity index (χ4v) is 1.06. The van der Waals surface area contributed by atoms with E-state index in [-0.39, 0.29) is 0 Å². The van der Waals surface area contributed by atoms with Crippen LogP contribution in [-0.4, -0.2) is 6.54 Å². The summed E-state index contributed by atoms with van der Waals surface area (Å²) in [5, 5.41) is 3.39. The Morgan fingerprint density at radius 2 is 2.23 bits per heavy atom. The first-order valence-corrected chi connectivity index (χ1v) is 4.87. The Kier molecular flexibility index (Phi) is 3.55. The molecule has 0 amide bonds. The molecule has 0 atom stereocenters. The highest BCUT2D eigenvalue weighted by atomic mass is 16.3. The fourth-order valence-electron chi connectivity index (χ4n) is 1.06. The average Bonchev–Trinajstić information content (AvgIpc) is 2.57. The topological polar surface area (TPSA) is 25.2 Å². The van der Waals surface area contributed by atoms with Gasteiger partial charge in [-0.15, -0.1) is 0 Å². The van der Waals surface area contributed by atoms with Gasteiger partial charge in [0, 0.05) is 6.54 Å². The lowest BCUT2D eigenvalue weighted by Gasteiger charge is -2.22. The van der Waals surface area contributed by atoms with Crippen molar-refractivity contribution >= 4 is 0 Å². The Morgan fingerprint density at radius 3 is 2.77 bits per heavy atom. The van der Waals surface area contributed by atoms with Gasteiger partial charge in [0.1, 0.15) is 5.76 Å². The van der Waals surface area contributed by atoms with Crippen molar-refractivity contribution in [1.82, 2.24) is 5.32 Å². The molecule has 0 fully saturated rings. The third-order valence-corrected chi connectivity index (χ3v) is 2.44. The van der Waals surface area contributed by atoms with Crippen molar-refractivity contribution in [3.05, 3.63) is 24.2 Å². The zero-order chi connectivity index (χ0) is 9.73. The molecule has 0 aromatic carbocycles. The fraction of sp³-hybridized carbons (Fsp3) is 0.636. The lowest BCUT2D eigenvalue weighted by atomic mass is 9.90. The van der Waals surface area contributed by atoms with Crippen LogP contribution in [0.4, 0.5) is 0 Å². The zero-order valence-corrected chi connectivity index (χ0v) is 8.76. The second kappa shape index (κ2) is 4.47. The maximum Gasteiger partial charge on any atom is 0.117 e. The Bertz CT molecular complexity index is 226. The molecule has 1 aromatic heterocycles. The maximum atomic E-state index is 5.22. The van der Waals surface area contributed by atoms with E-state index in [9.17, 15) is 0 Å². The van der Waals surface area contributed by atoms with E-state index in [2.05, 4.69) is 26.1 Å². The van der Waals surface area contributed by atoms with Crippen LogP contribution in [0.15, 0.2) is 22.8 Å². The van der Waals surface area contributed by atoms with E-state index in [0.29, 0.717) is 5.41 Å². The molecule has 0 unspecified atom stereocenters. The number of hydrogen-bond donors (Lipinski definition) is 1. The second-order valence-corrected chi connectivity index (χ2v) is 4.20. The van der Waals surface area contributed by atoms with Crippen molar-refractivity contribution in [3.8, 4) is 0 Å². The molecule has 2 heteroatoms. The first kappa shape index (κ1) is 10.3. The van der Waals surface area contributed by atoms with E-state index in [1.54, 1.807) is 6.26 Å². The van der Waals surface area contributed by atoms with E-state index < -0.39 is 0 Å². The van der Waals surface area contributed by atoms with Crippen molar-refractivity contribution < 1.29 is 4.42 Å². The van der Waals surface area contributed by atoms with Crippen molar-refractivity contribution in [1.29, 1.82) is 0 Å². The number of nitrogens with one attached hydrogen (secondary N) is 1. The summed E-state index contributed by atoms with van der Waals surface area (Å²) in [5.74, 6) is 1.01. The summed E-state index contributed by atoms with van der Waals surface area (Å²) in [6.45, 7) is 8.61. The average molecular weight is 181 g/mol. The molecule has 0 spiro atoms. The number of hydrogen-bond acceptors (Lipinski definition) is 2. The maximum absolute atomic E-state index is 5.22. The smallest absolute Gasteiger partial charge is 0.117 e. The molecule has 0 aliphatic heterocycles. The summed E-state index contributed by atoms with van der Waals surface area (Å²) in [7, 11) is 0. The van der Waals surface area contributed by atoms with Gasteiger partial charge in [0.2, 0.25) is 0 Å². The summed E-state index contributed by atoms with van der Waals surface area (Å²) in [4.78, 5) is 0. The van der Waals surface area contributed by atoms with Crippen LogP contribution >= 0.6 is 0 Å². The van der Waals surface area contributed by atoms with Gasteiger partial charge in [-0.1, -0.05) is 20.8 Å². The van der Waals surface area contributed by atoms with E-state index >= 15 is 0 Å². The van der Waals surface area contributed by atoms with Crippen molar-refractivity contribution in [2.24, 2.45) is 5.41 Å². The molecule has 1 heterocycles. The van der Waals surface area contributed by atoms with Crippen LogP contribution in [-0.2, 0) is 6.54 Å². The van der Waals surface area contributed by atoms with Gasteiger partial charge < -0.3 is 9.73 Å². The molecule has 1 rings (SSSR count). The summed E-state index contributed by atoms with van der Waals surface area (Å²) in [6.07, 6.45) is 2.90. The minimum atomic E-state index is 0.382. The normalized spacial score (nSPS) is 11.9. The number of furan rings is 1. The van der Waals surface area contributed by atoms with Crippen molar-refractivity contribution in [2.75, 3.05) is 6.54 Å². The largest absolute Gasteiger partial charge is 0.468 e. The van der Waals surface area contributed by atoms with Gasteiger partial charge in [0.15, 0.2) is 0 Å². The molecule has 0 bridgehead atoms. The quantitative estimate of drug-likeness (QED) is 0.755. The Balaban J connectivity index is 2.21. The van der Waals surface area contributed by atoms with Crippen LogP contribution in [0.5, 0.6) is 0 Å². The Morgan fingerprint density at radius 1 is 1.46 bits per heavy atom. The van der Waals surface area contributed by atoms with Gasteiger partial charge in [0.05, 0.1) is 12.8 Å². The molecule has 0 aliphatic carbocycles. The third kappa shape index (κ3) is 3.64. The highest BCUT2D eigenvalue weighted by molar-refractivity contribution is 4.97. The summed E-state index contributed by atoms with van der Waals surface area (Å²) < 4.78 is 5.22. The monoisotopic (exact) mass is 181 g/mol. The molecule has 74 valence electrons. The van der Waals surface area contributed by atoms with Crippen molar-refractivity contribution in [3.63, 3.8) is 0 Å². The van der Waals surface area contributed by atoms with Gasteiger partial charge in [-0.2, -0.15) is 0 Å². The molecule has 0 saturated carbocycles. The van der Waals surface area contributed by atoms with Gasteiger partial charge in [-0.25, -0.2) is 0 Å². The molecule has 0 saturated heterocycles. The van der Waals surface area contributed by atoms with Crippen molar-refractivity contribution in [2.45, 2.75) is 33.7 Å². The molecule has 2 nitrogen and oxygen atoms in total. The van der Waals surface area contributed by atoms with Gasteiger partial charge >= 0.3 is 0 Å². The van der Waals surface area contributed by atoms with Gasteiger partial charge in [-0.3, -0.25) is 0 Å². The van der Waals surface area contributed by atoms with Crippen LogP contribution in [0.2, 0.25) is 0 Å². The minimum absolute atomic E-state index is 0.382. The molecule has 1 N–H and O–H groups in total. The first-order chi connectivity index (χ1) is 6.14. The van der Waals surface area contributed by atoms with Crippen LogP contribution in [0.1, 0.15) is 33.0 Å². The summed E-state index contributed by atoms with van der Waals surface area (Å²) in [6, 6.07) is 3.91. The second-order valence-electron chi connectivity index (χ2n) is 4.20. The van der Waals surface area contributed by atoms with Crippen LogP contribution in [0, 0.1) is 5.41 Å². The van der Waals surface area contributed by atoms with Gasteiger partial charge in [0.25, 0.3) is 0 Å². The molecular formula is C11H19NO. The molecular weight excluding hydrogens is 162 g/mol. The van der Waals surface area contributed by atoms with Gasteiger partial charge in [-0.05, 0) is 24.0 Å². The predicted octanol–water partition coefficient (Wildman–Crippen LogP) is 2.81. The van der Waals surface area contributed by atoms with Crippen LogP contribution < -0.4 is 5.32 Å².